The van der Waals surface area contributed by atoms with E-state index in [1.54, 1.807) is 11.0 Å². The quantitative estimate of drug-likeness (QED) is 0.730. The average Bonchev–Trinajstić information content (AvgIpc) is 2.75. The normalized spacial score (nSPS) is 16.9. The van der Waals surface area contributed by atoms with Crippen molar-refractivity contribution in [3.63, 3.8) is 0 Å². The Balaban J connectivity index is 1.28. The van der Waals surface area contributed by atoms with Crippen LogP contribution in [0.4, 0.5) is 10.1 Å². The summed E-state index contributed by atoms with van der Waals surface area (Å²) in [6, 6.07) is 11.8. The van der Waals surface area contributed by atoms with Crippen molar-refractivity contribution in [2.45, 2.75) is 13.0 Å². The Labute approximate surface area is 179 Å². The summed E-state index contributed by atoms with van der Waals surface area (Å²) in [7, 11) is 0. The Kier molecular flexibility index (Phi) is 6.20. The fourth-order valence-electron chi connectivity index (χ4n) is 3.81. The van der Waals surface area contributed by atoms with Crippen molar-refractivity contribution >= 4 is 29.1 Å². The number of anilines is 1. The SMILES string of the molecule is O=C(CCN1C(=O)COc2ccccc21)N1CCN(Cc2ccc(F)cc2Cl)CC1. The molecule has 4 rings (SSSR count). The van der Waals surface area contributed by atoms with Gasteiger partial charge in [-0.3, -0.25) is 14.5 Å². The third kappa shape index (κ3) is 4.57. The Bertz CT molecular complexity index is 947. The van der Waals surface area contributed by atoms with Crippen LogP contribution in [-0.4, -0.2) is 60.9 Å². The summed E-state index contributed by atoms with van der Waals surface area (Å²) >= 11 is 6.12. The first kappa shape index (κ1) is 20.6. The minimum absolute atomic E-state index is 0.00414. The molecule has 0 unspecified atom stereocenters. The Morgan fingerprint density at radius 2 is 1.87 bits per heavy atom. The lowest BCUT2D eigenvalue weighted by Crippen LogP contribution is -2.49. The van der Waals surface area contributed by atoms with E-state index in [-0.39, 0.29) is 30.7 Å². The molecule has 2 heterocycles. The highest BCUT2D eigenvalue weighted by molar-refractivity contribution is 6.31. The van der Waals surface area contributed by atoms with E-state index < -0.39 is 0 Å². The van der Waals surface area contributed by atoms with Crippen molar-refractivity contribution in [3.05, 3.63) is 58.9 Å². The summed E-state index contributed by atoms with van der Waals surface area (Å²) in [6.45, 7) is 3.63. The number of hydrogen-bond donors (Lipinski definition) is 0. The molecule has 0 aromatic heterocycles. The third-order valence-electron chi connectivity index (χ3n) is 5.49. The van der Waals surface area contributed by atoms with Gasteiger partial charge in [-0.2, -0.15) is 0 Å². The molecule has 2 aliphatic rings. The van der Waals surface area contributed by atoms with Crippen LogP contribution in [0.2, 0.25) is 5.02 Å². The standard InChI is InChI=1S/C22H23ClFN3O3/c23-18-13-17(24)6-5-16(18)14-25-9-11-26(12-10-25)21(28)7-8-27-19-3-1-2-4-20(19)30-15-22(27)29/h1-6,13H,7-12,14-15H2. The molecule has 2 amide bonds. The molecule has 0 N–H and O–H groups in total. The number of amides is 2. The van der Waals surface area contributed by atoms with Crippen LogP contribution in [0.25, 0.3) is 0 Å². The van der Waals surface area contributed by atoms with Gasteiger partial charge in [-0.1, -0.05) is 29.8 Å². The molecule has 0 radical (unpaired) electrons. The molecule has 8 heteroatoms. The van der Waals surface area contributed by atoms with Gasteiger partial charge >= 0.3 is 0 Å². The third-order valence-corrected chi connectivity index (χ3v) is 5.84. The molecule has 0 atom stereocenters. The maximum Gasteiger partial charge on any atom is 0.265 e. The second-order valence-corrected chi connectivity index (χ2v) is 7.85. The van der Waals surface area contributed by atoms with Gasteiger partial charge in [-0.15, -0.1) is 0 Å². The summed E-state index contributed by atoms with van der Waals surface area (Å²) < 4.78 is 18.6. The number of ether oxygens (including phenoxy) is 1. The average molecular weight is 432 g/mol. The van der Waals surface area contributed by atoms with E-state index in [1.807, 2.05) is 29.2 Å². The van der Waals surface area contributed by atoms with Gasteiger partial charge in [0.1, 0.15) is 11.6 Å². The van der Waals surface area contributed by atoms with Crippen molar-refractivity contribution in [1.82, 2.24) is 9.80 Å². The minimum atomic E-state index is -0.347. The summed E-state index contributed by atoms with van der Waals surface area (Å²) in [5, 5.41) is 0.420. The number of fused-ring (bicyclic) bond motifs is 1. The number of halogens is 2. The maximum absolute atomic E-state index is 13.2. The van der Waals surface area contributed by atoms with Gasteiger partial charge in [-0.25, -0.2) is 4.39 Å². The molecular weight excluding hydrogens is 409 g/mol. The number of nitrogens with zero attached hydrogens (tertiary/aromatic N) is 3. The second-order valence-electron chi connectivity index (χ2n) is 7.44. The lowest BCUT2D eigenvalue weighted by molar-refractivity contribution is -0.132. The van der Waals surface area contributed by atoms with Crippen molar-refractivity contribution in [2.75, 3.05) is 44.2 Å². The fourth-order valence-corrected chi connectivity index (χ4v) is 4.04. The van der Waals surface area contributed by atoms with Gasteiger partial charge in [0.25, 0.3) is 5.91 Å². The van der Waals surface area contributed by atoms with E-state index in [9.17, 15) is 14.0 Å². The van der Waals surface area contributed by atoms with Crippen molar-refractivity contribution in [3.8, 4) is 5.75 Å². The second kappa shape index (κ2) is 9.02. The summed E-state index contributed by atoms with van der Waals surface area (Å²) in [5.41, 5.74) is 1.59. The highest BCUT2D eigenvalue weighted by Crippen LogP contribution is 2.31. The number of piperazine rings is 1. The number of carbonyl (C=O) groups excluding carboxylic acids is 2. The van der Waals surface area contributed by atoms with Crippen molar-refractivity contribution < 1.29 is 18.7 Å². The van der Waals surface area contributed by atoms with Crippen molar-refractivity contribution in [2.24, 2.45) is 0 Å². The zero-order chi connectivity index (χ0) is 21.1. The largest absolute Gasteiger partial charge is 0.482 e. The first-order valence-electron chi connectivity index (χ1n) is 9.97. The molecule has 2 aliphatic heterocycles. The minimum Gasteiger partial charge on any atom is -0.482 e. The monoisotopic (exact) mass is 431 g/mol. The first-order valence-corrected chi connectivity index (χ1v) is 10.4. The van der Waals surface area contributed by atoms with Gasteiger partial charge in [0.2, 0.25) is 5.91 Å². The molecule has 1 saturated heterocycles. The number of rotatable bonds is 5. The van der Waals surface area contributed by atoms with Crippen LogP contribution < -0.4 is 9.64 Å². The molecule has 1 fully saturated rings. The van der Waals surface area contributed by atoms with Gasteiger partial charge < -0.3 is 14.5 Å². The highest BCUT2D eigenvalue weighted by atomic mass is 35.5. The van der Waals surface area contributed by atoms with Crippen LogP contribution in [0.5, 0.6) is 5.75 Å². The lowest BCUT2D eigenvalue weighted by Gasteiger charge is -2.35. The number of para-hydroxylation sites is 2. The van der Waals surface area contributed by atoms with Crippen LogP contribution in [0.1, 0.15) is 12.0 Å². The lowest BCUT2D eigenvalue weighted by atomic mass is 10.2. The fraction of sp³-hybridized carbons (Fsp3) is 0.364. The van der Waals surface area contributed by atoms with Gasteiger partial charge in [0.15, 0.2) is 6.61 Å². The molecule has 0 bridgehead atoms. The topological polar surface area (TPSA) is 53.1 Å². The zero-order valence-electron chi connectivity index (χ0n) is 16.5. The molecular formula is C22H23ClFN3O3. The molecule has 0 spiro atoms. The summed E-state index contributed by atoms with van der Waals surface area (Å²) in [6.07, 6.45) is 0.268. The van der Waals surface area contributed by atoms with Crippen LogP contribution in [0, 0.1) is 5.82 Å². The predicted molar refractivity (Wildman–Crippen MR) is 112 cm³/mol. The van der Waals surface area contributed by atoms with E-state index in [2.05, 4.69) is 4.90 Å². The van der Waals surface area contributed by atoms with Gasteiger partial charge in [-0.05, 0) is 29.8 Å². The van der Waals surface area contributed by atoms with E-state index >= 15 is 0 Å². The Hall–Kier alpha value is -2.64. The van der Waals surface area contributed by atoms with Crippen LogP contribution in [-0.2, 0) is 16.1 Å². The van der Waals surface area contributed by atoms with Crippen LogP contribution >= 0.6 is 11.6 Å². The maximum atomic E-state index is 13.2. The van der Waals surface area contributed by atoms with E-state index in [4.69, 9.17) is 16.3 Å². The van der Waals surface area contributed by atoms with Crippen LogP contribution in [0.15, 0.2) is 42.5 Å². The molecule has 158 valence electrons. The molecule has 2 aromatic carbocycles. The van der Waals surface area contributed by atoms with E-state index in [0.29, 0.717) is 42.6 Å². The molecule has 2 aromatic rings. The van der Waals surface area contributed by atoms with E-state index in [1.165, 1.54) is 12.1 Å². The number of hydrogen-bond acceptors (Lipinski definition) is 4. The van der Waals surface area contributed by atoms with Gasteiger partial charge in [0.05, 0.1) is 5.69 Å². The Morgan fingerprint density at radius 1 is 1.10 bits per heavy atom. The predicted octanol–water partition coefficient (Wildman–Crippen LogP) is 2.94. The summed E-state index contributed by atoms with van der Waals surface area (Å²) in [5.74, 6) is 0.215. The van der Waals surface area contributed by atoms with E-state index in [0.717, 1.165) is 18.7 Å². The zero-order valence-corrected chi connectivity index (χ0v) is 17.3. The smallest absolute Gasteiger partial charge is 0.265 e. The number of carbonyl (C=O) groups is 2. The molecule has 6 nitrogen and oxygen atoms in total. The highest BCUT2D eigenvalue weighted by Gasteiger charge is 2.27. The van der Waals surface area contributed by atoms with Crippen molar-refractivity contribution in [1.29, 1.82) is 0 Å². The molecule has 0 aliphatic carbocycles. The summed E-state index contributed by atoms with van der Waals surface area (Å²) in [4.78, 5) is 30.6. The van der Waals surface area contributed by atoms with Crippen LogP contribution in [0.3, 0.4) is 0 Å². The first-order chi connectivity index (χ1) is 14.5. The van der Waals surface area contributed by atoms with Gasteiger partial charge in [0, 0.05) is 50.7 Å². The molecule has 30 heavy (non-hydrogen) atoms. The number of benzene rings is 2. The Morgan fingerprint density at radius 3 is 2.63 bits per heavy atom. The molecule has 0 saturated carbocycles.